The molecule has 0 aliphatic rings. The Morgan fingerprint density at radius 2 is 1.96 bits per heavy atom. The van der Waals surface area contributed by atoms with E-state index in [0.717, 1.165) is 34.1 Å². The molecule has 0 radical (unpaired) electrons. The Kier molecular flexibility index (Phi) is 7.05. The van der Waals surface area contributed by atoms with Crippen molar-refractivity contribution in [2.24, 2.45) is 0 Å². The van der Waals surface area contributed by atoms with E-state index in [4.69, 9.17) is 0 Å². The maximum absolute atomic E-state index is 12.2. The van der Waals surface area contributed by atoms with Crippen LogP contribution in [0.5, 0.6) is 0 Å². The summed E-state index contributed by atoms with van der Waals surface area (Å²) < 4.78 is 3.00. The number of hydrogen-bond acceptors (Lipinski definition) is 4. The molecule has 0 N–H and O–H groups in total. The highest BCUT2D eigenvalue weighted by Gasteiger charge is 2.16. The number of carbonyl (C=O) groups excluding carboxylic acids is 1. The fourth-order valence-electron chi connectivity index (χ4n) is 2.30. The number of aromatic nitrogens is 3. The summed E-state index contributed by atoms with van der Waals surface area (Å²) in [6.45, 7) is 9.82. The van der Waals surface area contributed by atoms with Gasteiger partial charge >= 0.3 is 0 Å². The second-order valence-electron chi connectivity index (χ2n) is 5.07. The number of halogens is 1. The van der Waals surface area contributed by atoms with Crippen LogP contribution in [0.15, 0.2) is 46.5 Å². The van der Waals surface area contributed by atoms with E-state index in [1.165, 1.54) is 11.8 Å². The van der Waals surface area contributed by atoms with Gasteiger partial charge in [0.1, 0.15) is 0 Å². The van der Waals surface area contributed by atoms with E-state index in [1.54, 1.807) is 0 Å². The van der Waals surface area contributed by atoms with Gasteiger partial charge in [-0.15, -0.1) is 16.8 Å². The molecule has 0 aliphatic heterocycles. The minimum atomic E-state index is 0.114. The third-order valence-corrected chi connectivity index (χ3v) is 5.05. The smallest absolute Gasteiger partial charge is 0.233 e. The molecule has 0 aliphatic carbocycles. The highest BCUT2D eigenvalue weighted by Crippen LogP contribution is 2.25. The summed E-state index contributed by atoms with van der Waals surface area (Å²) >= 11 is 4.85. The van der Waals surface area contributed by atoms with Gasteiger partial charge in [-0.3, -0.25) is 9.36 Å². The number of thioether (sulfide) groups is 1. The largest absolute Gasteiger partial charge is 0.343 e. The Morgan fingerprint density at radius 1 is 1.29 bits per heavy atom. The van der Waals surface area contributed by atoms with Crippen molar-refractivity contribution in [2.75, 3.05) is 18.8 Å². The number of rotatable bonds is 8. The second-order valence-corrected chi connectivity index (χ2v) is 6.93. The summed E-state index contributed by atoms with van der Waals surface area (Å²) in [5.41, 5.74) is 0.981. The summed E-state index contributed by atoms with van der Waals surface area (Å²) in [6, 6.07) is 7.92. The standard InChI is InChI=1S/C17H21BrN4OS/c1-4-11-22-16(13-7-9-14(18)10-8-13)19-20-17(22)24-12-15(23)21(5-2)6-3/h4,7-10H,1,5-6,11-12H2,2-3H3. The van der Waals surface area contributed by atoms with Crippen molar-refractivity contribution in [2.45, 2.75) is 25.5 Å². The van der Waals surface area contributed by atoms with Gasteiger partial charge in [0.15, 0.2) is 11.0 Å². The van der Waals surface area contributed by atoms with Crippen molar-refractivity contribution >= 4 is 33.6 Å². The highest BCUT2D eigenvalue weighted by molar-refractivity contribution is 9.10. The number of hydrogen-bond donors (Lipinski definition) is 0. The third kappa shape index (κ3) is 4.48. The van der Waals surface area contributed by atoms with Gasteiger partial charge in [-0.2, -0.15) is 0 Å². The van der Waals surface area contributed by atoms with Crippen LogP contribution in [0.4, 0.5) is 0 Å². The molecule has 1 aromatic carbocycles. The topological polar surface area (TPSA) is 51.0 Å². The molecule has 1 aromatic heterocycles. The molecule has 0 saturated heterocycles. The summed E-state index contributed by atoms with van der Waals surface area (Å²) in [5, 5.41) is 9.29. The first-order valence-electron chi connectivity index (χ1n) is 7.81. The van der Waals surface area contributed by atoms with E-state index in [-0.39, 0.29) is 5.91 Å². The molecule has 0 atom stereocenters. The molecule has 1 amide bonds. The zero-order valence-corrected chi connectivity index (χ0v) is 16.3. The third-order valence-electron chi connectivity index (χ3n) is 3.57. The zero-order chi connectivity index (χ0) is 17.5. The van der Waals surface area contributed by atoms with Gasteiger partial charge in [-0.1, -0.05) is 45.9 Å². The van der Waals surface area contributed by atoms with E-state index in [1.807, 2.05) is 53.7 Å². The predicted octanol–water partition coefficient (Wildman–Crippen LogP) is 3.85. The molecule has 2 aromatic rings. The summed E-state index contributed by atoms with van der Waals surface area (Å²) in [6.07, 6.45) is 1.81. The van der Waals surface area contributed by atoms with Gasteiger partial charge in [0.05, 0.1) is 5.75 Å². The van der Waals surface area contributed by atoms with Gasteiger partial charge in [-0.05, 0) is 26.0 Å². The van der Waals surface area contributed by atoms with E-state index in [0.29, 0.717) is 12.3 Å². The molecule has 0 fully saturated rings. The fourth-order valence-corrected chi connectivity index (χ4v) is 3.41. The van der Waals surface area contributed by atoms with Crippen molar-refractivity contribution in [3.63, 3.8) is 0 Å². The van der Waals surface area contributed by atoms with E-state index in [9.17, 15) is 4.79 Å². The molecule has 1 heterocycles. The lowest BCUT2D eigenvalue weighted by atomic mass is 10.2. The average molecular weight is 409 g/mol. The summed E-state index contributed by atoms with van der Waals surface area (Å²) in [5.74, 6) is 1.25. The van der Waals surface area contributed by atoms with Gasteiger partial charge in [0.2, 0.25) is 5.91 Å². The lowest BCUT2D eigenvalue weighted by molar-refractivity contribution is -0.127. The van der Waals surface area contributed by atoms with Gasteiger partial charge in [-0.25, -0.2) is 0 Å². The van der Waals surface area contributed by atoms with Crippen LogP contribution in [-0.4, -0.2) is 44.4 Å². The molecule has 2 rings (SSSR count). The normalized spacial score (nSPS) is 10.6. The quantitative estimate of drug-likeness (QED) is 0.491. The van der Waals surface area contributed by atoms with Crippen LogP contribution in [0.25, 0.3) is 11.4 Å². The van der Waals surface area contributed by atoms with Crippen molar-refractivity contribution < 1.29 is 4.79 Å². The second kappa shape index (κ2) is 9.03. The molecular formula is C17H21BrN4OS. The highest BCUT2D eigenvalue weighted by atomic mass is 79.9. The zero-order valence-electron chi connectivity index (χ0n) is 13.9. The SMILES string of the molecule is C=CCn1c(SCC(=O)N(CC)CC)nnc1-c1ccc(Br)cc1. The van der Waals surface area contributed by atoms with Gasteiger partial charge < -0.3 is 4.90 Å². The molecular weight excluding hydrogens is 388 g/mol. The molecule has 5 nitrogen and oxygen atoms in total. The van der Waals surface area contributed by atoms with Crippen LogP contribution in [0.2, 0.25) is 0 Å². The molecule has 128 valence electrons. The molecule has 0 saturated carbocycles. The number of allylic oxidation sites excluding steroid dienone is 1. The Hall–Kier alpha value is -1.60. The maximum atomic E-state index is 12.2. The van der Waals surface area contributed by atoms with Crippen molar-refractivity contribution in [3.8, 4) is 11.4 Å². The van der Waals surface area contributed by atoms with Gasteiger partial charge in [0.25, 0.3) is 0 Å². The van der Waals surface area contributed by atoms with E-state index >= 15 is 0 Å². The Bertz CT molecular complexity index is 695. The maximum Gasteiger partial charge on any atom is 0.233 e. The van der Waals surface area contributed by atoms with Crippen LogP contribution >= 0.6 is 27.7 Å². The molecule has 0 bridgehead atoms. The van der Waals surface area contributed by atoms with E-state index in [2.05, 4.69) is 32.7 Å². The molecule has 0 spiro atoms. The minimum absolute atomic E-state index is 0.114. The lowest BCUT2D eigenvalue weighted by Gasteiger charge is -2.18. The first-order chi connectivity index (χ1) is 11.6. The average Bonchev–Trinajstić information content (AvgIpc) is 2.98. The fraction of sp³-hybridized carbons (Fsp3) is 0.353. The molecule has 7 heteroatoms. The summed E-state index contributed by atoms with van der Waals surface area (Å²) in [4.78, 5) is 14.0. The van der Waals surface area contributed by atoms with Crippen molar-refractivity contribution in [1.29, 1.82) is 0 Å². The van der Waals surface area contributed by atoms with Crippen LogP contribution in [0, 0.1) is 0 Å². The number of benzene rings is 1. The van der Waals surface area contributed by atoms with Crippen molar-refractivity contribution in [3.05, 3.63) is 41.4 Å². The summed E-state index contributed by atoms with van der Waals surface area (Å²) in [7, 11) is 0. The molecule has 24 heavy (non-hydrogen) atoms. The first kappa shape index (κ1) is 18.7. The minimum Gasteiger partial charge on any atom is -0.343 e. The number of amides is 1. The van der Waals surface area contributed by atoms with Crippen LogP contribution in [0.1, 0.15) is 13.8 Å². The Morgan fingerprint density at radius 3 is 2.54 bits per heavy atom. The molecule has 0 unspecified atom stereocenters. The van der Waals surface area contributed by atoms with Crippen LogP contribution in [-0.2, 0) is 11.3 Å². The Balaban J connectivity index is 2.20. The Labute approximate surface area is 155 Å². The van der Waals surface area contributed by atoms with Crippen molar-refractivity contribution in [1.82, 2.24) is 19.7 Å². The monoisotopic (exact) mass is 408 g/mol. The first-order valence-corrected chi connectivity index (χ1v) is 9.59. The van der Waals surface area contributed by atoms with Crippen LogP contribution < -0.4 is 0 Å². The number of nitrogens with zero attached hydrogens (tertiary/aromatic N) is 4. The van der Waals surface area contributed by atoms with Crippen LogP contribution in [0.3, 0.4) is 0 Å². The predicted molar refractivity (Wildman–Crippen MR) is 102 cm³/mol. The van der Waals surface area contributed by atoms with E-state index < -0.39 is 0 Å². The number of carbonyl (C=O) groups is 1. The lowest BCUT2D eigenvalue weighted by Crippen LogP contribution is -2.31. The van der Waals surface area contributed by atoms with Gasteiger partial charge in [0, 0.05) is 29.7 Å².